The van der Waals surface area contributed by atoms with Crippen molar-refractivity contribution < 1.29 is 13.3 Å². The summed E-state index contributed by atoms with van der Waals surface area (Å²) < 4.78 is 18.9. The van der Waals surface area contributed by atoms with Crippen LogP contribution in [0.1, 0.15) is 156 Å². The summed E-state index contributed by atoms with van der Waals surface area (Å²) in [4.78, 5) is 0. The molecule has 0 atom stereocenters. The molecule has 3 nitrogen and oxygen atoms in total. The number of rotatable bonds is 28. The van der Waals surface area contributed by atoms with Crippen LogP contribution in [0.2, 0.25) is 0 Å². The molecule has 33 heavy (non-hydrogen) atoms. The highest BCUT2D eigenvalue weighted by Gasteiger charge is 2.37. The fourth-order valence-electron chi connectivity index (χ4n) is 4.12. The van der Waals surface area contributed by atoms with Crippen LogP contribution in [0.15, 0.2) is 12.3 Å². The Balaban J connectivity index is 4.24. The molecule has 0 aromatic rings. The molecule has 0 spiro atoms. The number of hydrogen-bond donors (Lipinski definition) is 0. The van der Waals surface area contributed by atoms with E-state index < -0.39 is 8.80 Å². The predicted molar refractivity (Wildman–Crippen MR) is 148 cm³/mol. The summed E-state index contributed by atoms with van der Waals surface area (Å²) in [5, 5.41) is 0. The highest BCUT2D eigenvalue weighted by molar-refractivity contribution is 6.66. The predicted octanol–water partition coefficient (Wildman–Crippen LogP) is 9.95. The molecule has 0 aromatic heterocycles. The van der Waals surface area contributed by atoms with E-state index in [4.69, 9.17) is 13.3 Å². The van der Waals surface area contributed by atoms with Gasteiger partial charge in [0.1, 0.15) is 0 Å². The van der Waals surface area contributed by atoms with Gasteiger partial charge in [0.2, 0.25) is 0 Å². The van der Waals surface area contributed by atoms with Gasteiger partial charge in [-0.3, -0.25) is 0 Å². The molecule has 0 fully saturated rings. The van der Waals surface area contributed by atoms with Crippen molar-refractivity contribution in [2.45, 2.75) is 156 Å². The fourth-order valence-corrected chi connectivity index (χ4v) is 6.01. The summed E-state index contributed by atoms with van der Waals surface area (Å²) >= 11 is 0. The summed E-state index contributed by atoms with van der Waals surface area (Å²) in [6.07, 6.45) is 27.1. The first-order chi connectivity index (χ1) is 16.2. The molecule has 0 aromatic carbocycles. The zero-order valence-corrected chi connectivity index (χ0v) is 24.0. The van der Waals surface area contributed by atoms with Gasteiger partial charge in [0.05, 0.1) is 0 Å². The minimum absolute atomic E-state index is 0.736. The molecule has 198 valence electrons. The maximum absolute atomic E-state index is 6.30. The lowest BCUT2D eigenvalue weighted by molar-refractivity contribution is 0.0673. The lowest BCUT2D eigenvalue weighted by Gasteiger charge is -2.27. The van der Waals surface area contributed by atoms with Gasteiger partial charge in [-0.1, -0.05) is 143 Å². The van der Waals surface area contributed by atoms with Crippen LogP contribution in [0.25, 0.3) is 0 Å². The summed E-state index contributed by atoms with van der Waals surface area (Å²) in [6, 6.07) is 0. The van der Waals surface area contributed by atoms with E-state index in [1.807, 2.05) is 5.70 Å². The maximum Gasteiger partial charge on any atom is 0.529 e. The Kier molecular flexibility index (Phi) is 26.3. The van der Waals surface area contributed by atoms with Crippen LogP contribution in [0.4, 0.5) is 0 Å². The topological polar surface area (TPSA) is 27.7 Å². The highest BCUT2D eigenvalue weighted by atomic mass is 28.4. The zero-order chi connectivity index (χ0) is 24.3. The number of unbranched alkanes of at least 4 members (excludes halogenated alkanes) is 18. The quantitative estimate of drug-likeness (QED) is 0.0816. The van der Waals surface area contributed by atoms with Crippen molar-refractivity contribution in [3.05, 3.63) is 12.3 Å². The molecule has 0 aliphatic rings. The smallest absolute Gasteiger partial charge is 0.370 e. The molecule has 0 aliphatic heterocycles. The fraction of sp³-hybridized carbons (Fsp3) is 0.931. The molecule has 4 heteroatoms. The molecule has 0 unspecified atom stereocenters. The molecule has 0 aliphatic carbocycles. The van der Waals surface area contributed by atoms with Crippen LogP contribution in [0.3, 0.4) is 0 Å². The minimum atomic E-state index is -2.75. The van der Waals surface area contributed by atoms with Crippen molar-refractivity contribution in [3.63, 3.8) is 0 Å². The Labute approximate surface area is 209 Å². The largest absolute Gasteiger partial charge is 0.529 e. The first-order valence-electron chi connectivity index (χ1n) is 14.8. The Hall–Kier alpha value is -0.163. The van der Waals surface area contributed by atoms with Crippen molar-refractivity contribution in [2.24, 2.45) is 0 Å². The van der Waals surface area contributed by atoms with Crippen LogP contribution < -0.4 is 0 Å². The third kappa shape index (κ3) is 22.1. The van der Waals surface area contributed by atoms with Gasteiger partial charge >= 0.3 is 8.80 Å². The van der Waals surface area contributed by atoms with E-state index in [1.54, 1.807) is 0 Å². The maximum atomic E-state index is 6.30. The second kappa shape index (κ2) is 26.4. The molecular formula is C29H60O3Si. The molecular weight excluding hydrogens is 424 g/mol. The Morgan fingerprint density at radius 3 is 0.909 bits per heavy atom. The molecule has 0 bridgehead atoms. The van der Waals surface area contributed by atoms with Gasteiger partial charge in [0.25, 0.3) is 0 Å². The summed E-state index contributed by atoms with van der Waals surface area (Å²) in [5.74, 6) is 0. The Bertz CT molecular complexity index is 339. The third-order valence-electron chi connectivity index (χ3n) is 6.40. The second-order valence-electron chi connectivity index (χ2n) is 9.72. The van der Waals surface area contributed by atoms with Crippen molar-refractivity contribution >= 4 is 8.80 Å². The zero-order valence-electron chi connectivity index (χ0n) is 23.0. The Morgan fingerprint density at radius 1 is 0.424 bits per heavy atom. The van der Waals surface area contributed by atoms with E-state index >= 15 is 0 Å². The first kappa shape index (κ1) is 32.8. The van der Waals surface area contributed by atoms with Crippen molar-refractivity contribution in [3.8, 4) is 0 Å². The van der Waals surface area contributed by atoms with Crippen LogP contribution in [0.5, 0.6) is 0 Å². The van der Waals surface area contributed by atoms with Crippen molar-refractivity contribution in [1.82, 2.24) is 0 Å². The van der Waals surface area contributed by atoms with Gasteiger partial charge in [-0.05, 0) is 25.0 Å². The highest BCUT2D eigenvalue weighted by Crippen LogP contribution is 2.17. The molecule has 0 rings (SSSR count). The SMILES string of the molecule is C=C[Si](OCCCCCCCCC)(OCCCCCCCCC)OCCCCCCCCC. The minimum Gasteiger partial charge on any atom is -0.370 e. The van der Waals surface area contributed by atoms with Gasteiger partial charge < -0.3 is 13.3 Å². The van der Waals surface area contributed by atoms with Crippen LogP contribution in [-0.4, -0.2) is 28.6 Å². The lowest BCUT2D eigenvalue weighted by Crippen LogP contribution is -2.45. The molecule has 0 saturated carbocycles. The molecule has 0 amide bonds. The van der Waals surface area contributed by atoms with E-state index in [-0.39, 0.29) is 0 Å². The normalized spacial score (nSPS) is 11.8. The average molecular weight is 485 g/mol. The lowest BCUT2D eigenvalue weighted by atomic mass is 10.1. The van der Waals surface area contributed by atoms with Gasteiger partial charge in [0.15, 0.2) is 0 Å². The summed E-state index contributed by atoms with van der Waals surface area (Å²) in [7, 11) is -2.75. The number of hydrogen-bond acceptors (Lipinski definition) is 3. The molecule has 0 heterocycles. The second-order valence-corrected chi connectivity index (χ2v) is 12.2. The first-order valence-corrected chi connectivity index (χ1v) is 16.6. The summed E-state index contributed by atoms with van der Waals surface area (Å²) in [6.45, 7) is 13.1. The van der Waals surface area contributed by atoms with Crippen molar-refractivity contribution in [1.29, 1.82) is 0 Å². The van der Waals surface area contributed by atoms with E-state index in [1.165, 1.54) is 116 Å². The standard InChI is InChI=1S/C29H60O3Si/c1-5-9-12-15-18-21-24-27-30-33(8-4,31-28-25-22-19-16-13-10-6-2)32-29-26-23-20-17-14-11-7-3/h8H,4-7,9-29H2,1-3H3. The third-order valence-corrected chi connectivity index (χ3v) is 8.72. The van der Waals surface area contributed by atoms with Crippen LogP contribution in [0, 0.1) is 0 Å². The van der Waals surface area contributed by atoms with Gasteiger partial charge in [-0.15, -0.1) is 0 Å². The van der Waals surface area contributed by atoms with E-state index in [0.29, 0.717) is 0 Å². The monoisotopic (exact) mass is 484 g/mol. The van der Waals surface area contributed by atoms with E-state index in [9.17, 15) is 0 Å². The average Bonchev–Trinajstić information content (AvgIpc) is 2.83. The van der Waals surface area contributed by atoms with Gasteiger partial charge in [0, 0.05) is 19.8 Å². The molecule has 0 radical (unpaired) electrons. The Morgan fingerprint density at radius 2 is 0.667 bits per heavy atom. The molecule has 0 N–H and O–H groups in total. The van der Waals surface area contributed by atoms with Crippen molar-refractivity contribution in [2.75, 3.05) is 19.8 Å². The van der Waals surface area contributed by atoms with E-state index in [2.05, 4.69) is 27.4 Å². The van der Waals surface area contributed by atoms with Crippen LogP contribution in [-0.2, 0) is 13.3 Å². The summed E-state index contributed by atoms with van der Waals surface area (Å²) in [5.41, 5.74) is 1.87. The van der Waals surface area contributed by atoms with Gasteiger partial charge in [-0.2, -0.15) is 0 Å². The van der Waals surface area contributed by atoms with Gasteiger partial charge in [-0.25, -0.2) is 0 Å². The molecule has 0 saturated heterocycles. The van der Waals surface area contributed by atoms with E-state index in [0.717, 1.165) is 39.1 Å². The van der Waals surface area contributed by atoms with Crippen LogP contribution >= 0.6 is 0 Å².